The highest BCUT2D eigenvalue weighted by Gasteiger charge is 2.30. The Morgan fingerprint density at radius 1 is 1.00 bits per heavy atom. The first-order valence-corrected chi connectivity index (χ1v) is 11.3. The van der Waals surface area contributed by atoms with Crippen molar-refractivity contribution in [3.63, 3.8) is 0 Å². The van der Waals surface area contributed by atoms with Gasteiger partial charge in [0, 0.05) is 38.3 Å². The van der Waals surface area contributed by atoms with Gasteiger partial charge in [-0.05, 0) is 49.6 Å². The monoisotopic (exact) mass is 447 g/mol. The Bertz CT molecular complexity index is 1090. The van der Waals surface area contributed by atoms with Gasteiger partial charge in [-0.3, -0.25) is 14.9 Å². The van der Waals surface area contributed by atoms with E-state index in [-0.39, 0.29) is 49.3 Å². The van der Waals surface area contributed by atoms with Gasteiger partial charge in [0.15, 0.2) is 6.61 Å². The van der Waals surface area contributed by atoms with Gasteiger partial charge in [0.1, 0.15) is 5.75 Å². The average molecular weight is 448 g/mol. The van der Waals surface area contributed by atoms with Crippen LogP contribution in [0.4, 0.5) is 5.69 Å². The second kappa shape index (κ2) is 9.03. The summed E-state index contributed by atoms with van der Waals surface area (Å²) in [5.74, 6) is 0.500. The van der Waals surface area contributed by atoms with Crippen molar-refractivity contribution in [2.24, 2.45) is 0 Å². The van der Waals surface area contributed by atoms with Crippen molar-refractivity contribution in [1.82, 2.24) is 9.21 Å². The number of rotatable bonds is 6. The minimum absolute atomic E-state index is 0.00777. The molecule has 0 spiro atoms. The molecule has 2 aromatic carbocycles. The summed E-state index contributed by atoms with van der Waals surface area (Å²) in [6, 6.07) is 8.74. The molecule has 0 saturated carbocycles. The molecule has 0 N–H and O–H groups in total. The summed E-state index contributed by atoms with van der Waals surface area (Å²) in [5, 5.41) is 10.8. The maximum Gasteiger partial charge on any atom is 0.269 e. The van der Waals surface area contributed by atoms with Crippen LogP contribution in [-0.4, -0.2) is 61.2 Å². The van der Waals surface area contributed by atoms with Crippen LogP contribution < -0.4 is 4.74 Å². The number of nitrogens with zero attached hydrogens (tertiary/aromatic N) is 3. The standard InChI is InChI=1S/C21H25N3O6S/c1-15-4-5-16(2)21(17(15)3)30-14-20(25)22-10-12-23(13-11-22)31(28,29)19-8-6-18(7-9-19)24(26)27/h4-9H,10-14H2,1-3H3. The molecule has 1 aliphatic heterocycles. The Balaban J connectivity index is 1.59. The van der Waals surface area contributed by atoms with Gasteiger partial charge in [-0.1, -0.05) is 12.1 Å². The summed E-state index contributed by atoms with van der Waals surface area (Å²) in [7, 11) is -3.78. The van der Waals surface area contributed by atoms with Crippen molar-refractivity contribution in [1.29, 1.82) is 0 Å². The lowest BCUT2D eigenvalue weighted by Crippen LogP contribution is -2.51. The van der Waals surface area contributed by atoms with E-state index in [0.717, 1.165) is 16.7 Å². The number of nitro groups is 1. The van der Waals surface area contributed by atoms with Crippen LogP contribution in [0.3, 0.4) is 0 Å². The molecule has 3 rings (SSSR count). The van der Waals surface area contributed by atoms with E-state index >= 15 is 0 Å². The highest BCUT2D eigenvalue weighted by molar-refractivity contribution is 7.89. The molecule has 166 valence electrons. The van der Waals surface area contributed by atoms with E-state index in [1.165, 1.54) is 28.6 Å². The number of hydrogen-bond acceptors (Lipinski definition) is 6. The maximum atomic E-state index is 12.8. The predicted molar refractivity (Wildman–Crippen MR) is 115 cm³/mol. The number of ether oxygens (including phenoxy) is 1. The summed E-state index contributed by atoms with van der Waals surface area (Å²) < 4.78 is 32.6. The second-order valence-corrected chi connectivity index (χ2v) is 9.42. The number of non-ortho nitro benzene ring substituents is 1. The van der Waals surface area contributed by atoms with Crippen molar-refractivity contribution < 1.29 is 22.9 Å². The van der Waals surface area contributed by atoms with E-state index in [0.29, 0.717) is 5.75 Å². The normalized spacial score (nSPS) is 15.0. The second-order valence-electron chi connectivity index (χ2n) is 7.48. The largest absolute Gasteiger partial charge is 0.483 e. The molecule has 1 aliphatic rings. The summed E-state index contributed by atoms with van der Waals surface area (Å²) in [6.45, 7) is 6.54. The third kappa shape index (κ3) is 4.86. The molecule has 10 heteroatoms. The molecule has 1 fully saturated rings. The van der Waals surface area contributed by atoms with Crippen LogP contribution in [0.15, 0.2) is 41.3 Å². The molecule has 0 bridgehead atoms. The lowest BCUT2D eigenvalue weighted by molar-refractivity contribution is -0.384. The fourth-order valence-corrected chi connectivity index (χ4v) is 4.86. The van der Waals surface area contributed by atoms with Crippen LogP contribution in [0.1, 0.15) is 16.7 Å². The lowest BCUT2D eigenvalue weighted by atomic mass is 10.1. The molecular formula is C21H25N3O6S. The first kappa shape index (κ1) is 22.7. The van der Waals surface area contributed by atoms with Gasteiger partial charge in [0.05, 0.1) is 9.82 Å². The molecule has 0 aromatic heterocycles. The molecule has 0 atom stereocenters. The van der Waals surface area contributed by atoms with Crippen molar-refractivity contribution in [3.05, 3.63) is 63.2 Å². The third-order valence-corrected chi connectivity index (χ3v) is 7.40. The van der Waals surface area contributed by atoms with Crippen LogP contribution in [0.25, 0.3) is 0 Å². The molecule has 0 aliphatic carbocycles. The van der Waals surface area contributed by atoms with Crippen molar-refractivity contribution in [3.8, 4) is 5.75 Å². The zero-order chi connectivity index (χ0) is 22.8. The first-order chi connectivity index (χ1) is 14.6. The van der Waals surface area contributed by atoms with E-state index in [2.05, 4.69) is 0 Å². The molecule has 1 heterocycles. The van der Waals surface area contributed by atoms with E-state index in [1.54, 1.807) is 4.90 Å². The quantitative estimate of drug-likeness (QED) is 0.497. The van der Waals surface area contributed by atoms with Crippen LogP contribution in [0.5, 0.6) is 5.75 Å². The fraction of sp³-hybridized carbons (Fsp3) is 0.381. The summed E-state index contributed by atoms with van der Waals surface area (Å²) >= 11 is 0. The van der Waals surface area contributed by atoms with Gasteiger partial charge < -0.3 is 9.64 Å². The maximum absolute atomic E-state index is 12.8. The molecule has 2 aromatic rings. The van der Waals surface area contributed by atoms with Gasteiger partial charge in [0.2, 0.25) is 10.0 Å². The highest BCUT2D eigenvalue weighted by Crippen LogP contribution is 2.26. The average Bonchev–Trinajstić information content (AvgIpc) is 2.76. The molecule has 1 saturated heterocycles. The number of piperazine rings is 1. The molecule has 1 amide bonds. The summed E-state index contributed by atoms with van der Waals surface area (Å²) in [4.78, 5) is 24.3. The number of carbonyl (C=O) groups excluding carboxylic acids is 1. The van der Waals surface area contributed by atoms with Gasteiger partial charge in [-0.15, -0.1) is 0 Å². The molecule has 31 heavy (non-hydrogen) atoms. The van der Waals surface area contributed by atoms with E-state index in [1.807, 2.05) is 32.9 Å². The zero-order valence-electron chi connectivity index (χ0n) is 17.7. The topological polar surface area (TPSA) is 110 Å². The molecular weight excluding hydrogens is 422 g/mol. The summed E-state index contributed by atoms with van der Waals surface area (Å²) in [6.07, 6.45) is 0. The predicted octanol–water partition coefficient (Wildman–Crippen LogP) is 2.43. The van der Waals surface area contributed by atoms with Crippen molar-refractivity contribution >= 4 is 21.6 Å². The highest BCUT2D eigenvalue weighted by atomic mass is 32.2. The van der Waals surface area contributed by atoms with Gasteiger partial charge in [0.25, 0.3) is 11.6 Å². The number of sulfonamides is 1. The van der Waals surface area contributed by atoms with E-state index in [9.17, 15) is 23.3 Å². The van der Waals surface area contributed by atoms with Crippen LogP contribution in [0, 0.1) is 30.9 Å². The Labute approximate surface area is 181 Å². The van der Waals surface area contributed by atoms with E-state index in [4.69, 9.17) is 4.74 Å². The van der Waals surface area contributed by atoms with Gasteiger partial charge in [-0.25, -0.2) is 8.42 Å². The Kier molecular flexibility index (Phi) is 6.61. The summed E-state index contributed by atoms with van der Waals surface area (Å²) in [5.41, 5.74) is 2.85. The minimum atomic E-state index is -3.78. The van der Waals surface area contributed by atoms with Gasteiger partial charge in [-0.2, -0.15) is 4.31 Å². The molecule has 9 nitrogen and oxygen atoms in total. The number of hydrogen-bond donors (Lipinski definition) is 0. The smallest absolute Gasteiger partial charge is 0.269 e. The fourth-order valence-electron chi connectivity index (χ4n) is 3.44. The van der Waals surface area contributed by atoms with Crippen molar-refractivity contribution in [2.45, 2.75) is 25.7 Å². The Morgan fingerprint density at radius 2 is 1.58 bits per heavy atom. The molecule has 0 unspecified atom stereocenters. The SMILES string of the molecule is Cc1ccc(C)c(OCC(=O)N2CCN(S(=O)(=O)c3ccc([N+](=O)[O-])cc3)CC2)c1C. The third-order valence-electron chi connectivity index (χ3n) is 5.49. The van der Waals surface area contributed by atoms with E-state index < -0.39 is 14.9 Å². The molecule has 0 radical (unpaired) electrons. The Hall–Kier alpha value is -2.98. The van der Waals surface area contributed by atoms with Crippen LogP contribution in [0.2, 0.25) is 0 Å². The van der Waals surface area contributed by atoms with Crippen LogP contribution >= 0.6 is 0 Å². The lowest BCUT2D eigenvalue weighted by Gasteiger charge is -2.34. The zero-order valence-corrected chi connectivity index (χ0v) is 18.5. The number of carbonyl (C=O) groups is 1. The van der Waals surface area contributed by atoms with Gasteiger partial charge >= 0.3 is 0 Å². The number of benzene rings is 2. The Morgan fingerprint density at radius 3 is 2.16 bits per heavy atom. The van der Waals surface area contributed by atoms with Crippen molar-refractivity contribution in [2.75, 3.05) is 32.8 Å². The number of aryl methyl sites for hydroxylation is 2. The minimum Gasteiger partial charge on any atom is -0.483 e. The number of nitro benzene ring substituents is 1. The first-order valence-electron chi connectivity index (χ1n) is 9.83. The van der Waals surface area contributed by atoms with Crippen LogP contribution in [-0.2, 0) is 14.8 Å². The number of amides is 1.